The Labute approximate surface area is 144 Å². The number of phenols is 2. The van der Waals surface area contributed by atoms with Crippen LogP contribution in [0.3, 0.4) is 0 Å². The first-order valence-corrected chi connectivity index (χ1v) is 7.68. The fourth-order valence-electron chi connectivity index (χ4n) is 2.39. The van der Waals surface area contributed by atoms with Gasteiger partial charge in [-0.05, 0) is 12.1 Å². The molecule has 0 atom stereocenters. The van der Waals surface area contributed by atoms with Crippen LogP contribution in [0.1, 0.15) is 16.8 Å². The van der Waals surface area contributed by atoms with E-state index in [2.05, 4.69) is 15.7 Å². The summed E-state index contributed by atoms with van der Waals surface area (Å²) < 4.78 is 1.59. The third-order valence-corrected chi connectivity index (χ3v) is 3.74. The summed E-state index contributed by atoms with van der Waals surface area (Å²) in [6.07, 6.45) is 1.49. The average molecular weight is 335 g/mol. The van der Waals surface area contributed by atoms with E-state index in [0.717, 1.165) is 5.56 Å². The van der Waals surface area contributed by atoms with E-state index in [-0.39, 0.29) is 17.2 Å². The summed E-state index contributed by atoms with van der Waals surface area (Å²) in [5, 5.41) is 32.0. The van der Waals surface area contributed by atoms with Gasteiger partial charge >= 0.3 is 0 Å². The van der Waals surface area contributed by atoms with Crippen molar-refractivity contribution in [1.29, 1.82) is 5.26 Å². The van der Waals surface area contributed by atoms with E-state index in [1.165, 1.54) is 6.33 Å². The number of nitriles is 1. The van der Waals surface area contributed by atoms with Gasteiger partial charge in [-0.15, -0.1) is 0 Å². The van der Waals surface area contributed by atoms with Crippen LogP contribution in [0.25, 0.3) is 0 Å². The van der Waals surface area contributed by atoms with Crippen LogP contribution in [0.15, 0.2) is 54.9 Å². The Morgan fingerprint density at radius 1 is 0.960 bits per heavy atom. The van der Waals surface area contributed by atoms with E-state index in [4.69, 9.17) is 0 Å². The second-order valence-electron chi connectivity index (χ2n) is 5.37. The Morgan fingerprint density at radius 3 is 2.16 bits per heavy atom. The SMILES string of the molecule is N#Cc1ncn(NCc2ccccc2O)c1NCc1ccccc1O. The van der Waals surface area contributed by atoms with Crippen molar-refractivity contribution >= 4 is 5.82 Å². The number of nitrogens with zero attached hydrogens (tertiary/aromatic N) is 3. The highest BCUT2D eigenvalue weighted by Crippen LogP contribution is 2.20. The van der Waals surface area contributed by atoms with Crippen molar-refractivity contribution in [3.05, 3.63) is 71.7 Å². The predicted octanol–water partition coefficient (Wildman–Crippen LogP) is 2.52. The fourth-order valence-corrected chi connectivity index (χ4v) is 2.39. The number of para-hydroxylation sites is 2. The summed E-state index contributed by atoms with van der Waals surface area (Å²) in [6.45, 7) is 0.699. The summed E-state index contributed by atoms with van der Waals surface area (Å²) in [7, 11) is 0. The first kappa shape index (κ1) is 16.2. The molecule has 0 aliphatic carbocycles. The largest absolute Gasteiger partial charge is 0.508 e. The van der Waals surface area contributed by atoms with Gasteiger partial charge in [-0.1, -0.05) is 36.4 Å². The van der Waals surface area contributed by atoms with Crippen molar-refractivity contribution in [2.75, 3.05) is 10.7 Å². The molecule has 25 heavy (non-hydrogen) atoms. The molecule has 0 radical (unpaired) electrons. The zero-order chi connectivity index (χ0) is 17.6. The maximum Gasteiger partial charge on any atom is 0.184 e. The number of anilines is 1. The zero-order valence-electron chi connectivity index (χ0n) is 13.3. The second kappa shape index (κ2) is 7.27. The molecule has 3 aromatic rings. The van der Waals surface area contributed by atoms with Gasteiger partial charge in [0.25, 0.3) is 0 Å². The average Bonchev–Trinajstić information content (AvgIpc) is 3.02. The van der Waals surface area contributed by atoms with Crippen molar-refractivity contribution in [1.82, 2.24) is 9.66 Å². The third-order valence-electron chi connectivity index (χ3n) is 3.74. The predicted molar refractivity (Wildman–Crippen MR) is 93.5 cm³/mol. The number of benzene rings is 2. The van der Waals surface area contributed by atoms with Crippen LogP contribution in [0, 0.1) is 11.3 Å². The topological polar surface area (TPSA) is 106 Å². The van der Waals surface area contributed by atoms with E-state index < -0.39 is 0 Å². The maximum absolute atomic E-state index is 9.85. The van der Waals surface area contributed by atoms with Crippen molar-refractivity contribution in [3.63, 3.8) is 0 Å². The maximum atomic E-state index is 9.85. The Kier molecular flexibility index (Phi) is 4.72. The highest BCUT2D eigenvalue weighted by molar-refractivity contribution is 5.50. The lowest BCUT2D eigenvalue weighted by molar-refractivity contribution is 0.467. The Balaban J connectivity index is 1.75. The molecule has 0 spiro atoms. The third kappa shape index (κ3) is 3.64. The molecule has 1 aromatic heterocycles. The van der Waals surface area contributed by atoms with Gasteiger partial charge in [0, 0.05) is 17.7 Å². The number of hydrogen-bond acceptors (Lipinski definition) is 6. The summed E-state index contributed by atoms with van der Waals surface area (Å²) in [4.78, 5) is 4.06. The van der Waals surface area contributed by atoms with Crippen LogP contribution in [-0.2, 0) is 13.1 Å². The van der Waals surface area contributed by atoms with Gasteiger partial charge in [0.05, 0.1) is 6.54 Å². The lowest BCUT2D eigenvalue weighted by Crippen LogP contribution is -2.17. The van der Waals surface area contributed by atoms with E-state index in [1.54, 1.807) is 41.1 Å². The lowest BCUT2D eigenvalue weighted by Gasteiger charge is -2.14. The van der Waals surface area contributed by atoms with Crippen LogP contribution < -0.4 is 10.7 Å². The monoisotopic (exact) mass is 335 g/mol. The molecule has 0 saturated carbocycles. The molecule has 1 heterocycles. The molecule has 2 aromatic carbocycles. The van der Waals surface area contributed by atoms with Crippen LogP contribution in [0.4, 0.5) is 5.82 Å². The molecule has 0 saturated heterocycles. The first-order valence-electron chi connectivity index (χ1n) is 7.68. The summed E-state index contributed by atoms with van der Waals surface area (Å²) in [5.74, 6) is 0.863. The molecule has 126 valence electrons. The molecular weight excluding hydrogens is 318 g/mol. The molecule has 0 bridgehead atoms. The standard InChI is InChI=1S/C18H17N5O2/c19-9-15-18(20-10-13-5-1-3-7-16(13)24)23(12-21-15)22-11-14-6-2-4-8-17(14)25/h1-8,12,20,22,24-25H,10-11H2. The molecular formula is C18H17N5O2. The minimum absolute atomic E-state index is 0.182. The summed E-state index contributed by atoms with van der Waals surface area (Å²) >= 11 is 0. The van der Waals surface area contributed by atoms with Crippen LogP contribution >= 0.6 is 0 Å². The molecule has 0 amide bonds. The molecule has 0 aliphatic heterocycles. The number of imidazole rings is 1. The van der Waals surface area contributed by atoms with Crippen LogP contribution in [-0.4, -0.2) is 19.9 Å². The number of rotatable bonds is 6. The Morgan fingerprint density at radius 2 is 1.56 bits per heavy atom. The lowest BCUT2D eigenvalue weighted by atomic mass is 10.2. The second-order valence-corrected chi connectivity index (χ2v) is 5.37. The van der Waals surface area contributed by atoms with Gasteiger partial charge in [0.15, 0.2) is 11.5 Å². The van der Waals surface area contributed by atoms with Gasteiger partial charge < -0.3 is 21.0 Å². The quantitative estimate of drug-likeness (QED) is 0.551. The van der Waals surface area contributed by atoms with E-state index in [1.807, 2.05) is 18.2 Å². The summed E-state index contributed by atoms with van der Waals surface area (Å²) in [5.41, 5.74) is 4.76. The first-order chi connectivity index (χ1) is 12.2. The highest BCUT2D eigenvalue weighted by atomic mass is 16.3. The minimum atomic E-state index is 0.182. The normalized spacial score (nSPS) is 10.2. The number of nitrogens with one attached hydrogen (secondary N) is 2. The van der Waals surface area contributed by atoms with Crippen LogP contribution in [0.5, 0.6) is 11.5 Å². The molecule has 7 nitrogen and oxygen atoms in total. The number of aromatic nitrogens is 2. The van der Waals surface area contributed by atoms with Gasteiger partial charge in [0.1, 0.15) is 23.9 Å². The minimum Gasteiger partial charge on any atom is -0.508 e. The van der Waals surface area contributed by atoms with Crippen molar-refractivity contribution < 1.29 is 10.2 Å². The van der Waals surface area contributed by atoms with Gasteiger partial charge in [-0.2, -0.15) is 5.26 Å². The molecule has 3 rings (SSSR count). The molecule has 0 aliphatic rings. The summed E-state index contributed by atoms with van der Waals surface area (Å²) in [6, 6.07) is 16.0. The van der Waals surface area contributed by atoms with E-state index in [9.17, 15) is 15.5 Å². The number of aromatic hydroxyl groups is 2. The molecule has 0 fully saturated rings. The van der Waals surface area contributed by atoms with Gasteiger partial charge in [-0.3, -0.25) is 0 Å². The van der Waals surface area contributed by atoms with Gasteiger partial charge in [0.2, 0.25) is 0 Å². The Hall–Kier alpha value is -3.66. The van der Waals surface area contributed by atoms with Gasteiger partial charge in [-0.25, -0.2) is 9.66 Å². The van der Waals surface area contributed by atoms with Crippen molar-refractivity contribution in [2.45, 2.75) is 13.1 Å². The molecule has 7 heteroatoms. The highest BCUT2D eigenvalue weighted by Gasteiger charge is 2.11. The Bertz CT molecular complexity index is 914. The van der Waals surface area contributed by atoms with Crippen molar-refractivity contribution in [3.8, 4) is 17.6 Å². The van der Waals surface area contributed by atoms with E-state index in [0.29, 0.717) is 24.5 Å². The molecule has 4 N–H and O–H groups in total. The fraction of sp³-hybridized carbons (Fsp3) is 0.111. The van der Waals surface area contributed by atoms with Crippen LogP contribution in [0.2, 0.25) is 0 Å². The smallest absolute Gasteiger partial charge is 0.184 e. The molecule has 0 unspecified atom stereocenters. The number of hydrogen-bond donors (Lipinski definition) is 4. The number of phenolic OH excluding ortho intramolecular Hbond substituents is 2. The zero-order valence-corrected chi connectivity index (χ0v) is 13.3. The van der Waals surface area contributed by atoms with Crippen molar-refractivity contribution in [2.24, 2.45) is 0 Å². The van der Waals surface area contributed by atoms with E-state index >= 15 is 0 Å².